The maximum absolute atomic E-state index is 11.8. The summed E-state index contributed by atoms with van der Waals surface area (Å²) in [5, 5.41) is 2.92. The fourth-order valence-electron chi connectivity index (χ4n) is 1.86. The molecule has 1 amide bonds. The maximum atomic E-state index is 11.8. The molecule has 15 heavy (non-hydrogen) atoms. The molecule has 0 bridgehead atoms. The summed E-state index contributed by atoms with van der Waals surface area (Å²) in [5.74, 6) is 0.268. The second kappa shape index (κ2) is 4.45. The van der Waals surface area contributed by atoms with Crippen LogP contribution in [-0.2, 0) is 4.79 Å². The molecule has 1 aromatic rings. The second-order valence-electron chi connectivity index (χ2n) is 4.03. The van der Waals surface area contributed by atoms with Crippen molar-refractivity contribution in [3.8, 4) is 0 Å². The monoisotopic (exact) mass is 203 g/mol. The van der Waals surface area contributed by atoms with E-state index in [-0.39, 0.29) is 11.8 Å². The largest absolute Gasteiger partial charge is 0.326 e. The van der Waals surface area contributed by atoms with E-state index in [2.05, 4.69) is 16.3 Å². The van der Waals surface area contributed by atoms with Crippen LogP contribution in [0, 0.1) is 12.0 Å². The number of benzene rings is 1. The lowest BCUT2D eigenvalue weighted by atomic mass is 10.1. The Balaban J connectivity index is 1.93. The summed E-state index contributed by atoms with van der Waals surface area (Å²) in [4.78, 5) is 14.0. The van der Waals surface area contributed by atoms with Gasteiger partial charge in [-0.05, 0) is 38.2 Å². The minimum absolute atomic E-state index is 0.130. The highest BCUT2D eigenvalue weighted by molar-refractivity contribution is 5.92. The van der Waals surface area contributed by atoms with Crippen molar-refractivity contribution in [2.75, 3.05) is 25.5 Å². The third kappa shape index (κ3) is 2.57. The average molecular weight is 203 g/mol. The van der Waals surface area contributed by atoms with E-state index < -0.39 is 0 Å². The molecular weight excluding hydrogens is 188 g/mol. The molecule has 0 aromatic heterocycles. The van der Waals surface area contributed by atoms with Gasteiger partial charge in [0, 0.05) is 12.2 Å². The van der Waals surface area contributed by atoms with Crippen LogP contribution in [0.5, 0.6) is 0 Å². The average Bonchev–Trinajstić information content (AvgIpc) is 2.66. The Morgan fingerprint density at radius 1 is 1.53 bits per heavy atom. The number of carbonyl (C=O) groups is 1. The molecular formula is C12H15N2O. The zero-order valence-electron chi connectivity index (χ0n) is 8.86. The van der Waals surface area contributed by atoms with E-state index in [0.717, 1.165) is 25.2 Å². The van der Waals surface area contributed by atoms with Crippen LogP contribution in [0.2, 0.25) is 0 Å². The van der Waals surface area contributed by atoms with Crippen molar-refractivity contribution >= 4 is 11.6 Å². The summed E-state index contributed by atoms with van der Waals surface area (Å²) < 4.78 is 0. The highest BCUT2D eigenvalue weighted by atomic mass is 16.1. The number of likely N-dealkylation sites (tertiary alicyclic amines) is 1. The first-order valence-corrected chi connectivity index (χ1v) is 5.21. The van der Waals surface area contributed by atoms with Crippen LogP contribution >= 0.6 is 0 Å². The van der Waals surface area contributed by atoms with Gasteiger partial charge >= 0.3 is 0 Å². The molecule has 0 spiro atoms. The van der Waals surface area contributed by atoms with E-state index in [0.29, 0.717) is 0 Å². The van der Waals surface area contributed by atoms with E-state index in [1.54, 1.807) is 12.1 Å². The van der Waals surface area contributed by atoms with Gasteiger partial charge in [0.15, 0.2) is 0 Å². The summed E-state index contributed by atoms with van der Waals surface area (Å²) in [5.41, 5.74) is 0.855. The van der Waals surface area contributed by atoms with Gasteiger partial charge in [-0.2, -0.15) is 0 Å². The number of nitrogens with zero attached hydrogens (tertiary/aromatic N) is 1. The van der Waals surface area contributed by atoms with Crippen LogP contribution in [0.3, 0.4) is 0 Å². The highest BCUT2D eigenvalue weighted by Gasteiger charge is 2.25. The van der Waals surface area contributed by atoms with Gasteiger partial charge in [-0.25, -0.2) is 0 Å². The maximum Gasteiger partial charge on any atom is 0.228 e. The predicted molar refractivity (Wildman–Crippen MR) is 59.5 cm³/mol. The quantitative estimate of drug-likeness (QED) is 0.787. The van der Waals surface area contributed by atoms with Crippen molar-refractivity contribution in [3.63, 3.8) is 0 Å². The van der Waals surface area contributed by atoms with Crippen molar-refractivity contribution in [1.29, 1.82) is 0 Å². The lowest BCUT2D eigenvalue weighted by Crippen LogP contribution is -2.25. The first-order valence-electron chi connectivity index (χ1n) is 5.21. The number of rotatable bonds is 2. The number of hydrogen-bond acceptors (Lipinski definition) is 2. The minimum atomic E-state index is 0.130. The lowest BCUT2D eigenvalue weighted by molar-refractivity contribution is -0.119. The molecule has 1 unspecified atom stereocenters. The zero-order valence-corrected chi connectivity index (χ0v) is 8.86. The third-order valence-electron chi connectivity index (χ3n) is 2.75. The van der Waals surface area contributed by atoms with Crippen LogP contribution in [0.4, 0.5) is 5.69 Å². The summed E-state index contributed by atoms with van der Waals surface area (Å²) in [6.07, 6.45) is 0.960. The van der Waals surface area contributed by atoms with Crippen molar-refractivity contribution in [3.05, 3.63) is 30.3 Å². The molecule has 1 heterocycles. The summed E-state index contributed by atoms with van der Waals surface area (Å²) in [7, 11) is 2.05. The molecule has 0 aliphatic carbocycles. The normalized spacial score (nSPS) is 21.5. The van der Waals surface area contributed by atoms with Crippen LogP contribution in [0.15, 0.2) is 24.3 Å². The Morgan fingerprint density at radius 3 is 2.87 bits per heavy atom. The smallest absolute Gasteiger partial charge is 0.228 e. The zero-order chi connectivity index (χ0) is 10.7. The molecule has 1 aliphatic rings. The van der Waals surface area contributed by atoms with E-state index in [9.17, 15) is 4.79 Å². The van der Waals surface area contributed by atoms with Gasteiger partial charge in [-0.1, -0.05) is 12.1 Å². The van der Waals surface area contributed by atoms with Crippen LogP contribution in [0.1, 0.15) is 6.42 Å². The number of anilines is 1. The first-order chi connectivity index (χ1) is 7.25. The second-order valence-corrected chi connectivity index (χ2v) is 4.03. The number of hydrogen-bond donors (Lipinski definition) is 1. The molecule has 1 saturated heterocycles. The molecule has 1 atom stereocenters. The van der Waals surface area contributed by atoms with Crippen molar-refractivity contribution in [2.45, 2.75) is 6.42 Å². The molecule has 3 nitrogen and oxygen atoms in total. The SMILES string of the molecule is CN1CCC(C(=O)Nc2cc[c]cc2)C1. The molecule has 1 N–H and O–H groups in total. The lowest BCUT2D eigenvalue weighted by Gasteiger charge is -2.10. The van der Waals surface area contributed by atoms with Crippen LogP contribution in [-0.4, -0.2) is 30.9 Å². The van der Waals surface area contributed by atoms with Crippen LogP contribution < -0.4 is 5.32 Å². The van der Waals surface area contributed by atoms with Crippen molar-refractivity contribution < 1.29 is 4.79 Å². The Kier molecular flexibility index (Phi) is 3.02. The Hall–Kier alpha value is -1.35. The molecule has 2 rings (SSSR count). The molecule has 1 aliphatic heterocycles. The minimum Gasteiger partial charge on any atom is -0.326 e. The Morgan fingerprint density at radius 2 is 2.27 bits per heavy atom. The number of carbonyl (C=O) groups excluding carboxylic acids is 1. The molecule has 1 aromatic carbocycles. The van der Waals surface area contributed by atoms with E-state index in [4.69, 9.17) is 0 Å². The molecule has 3 heteroatoms. The van der Waals surface area contributed by atoms with Gasteiger partial charge in [0.25, 0.3) is 0 Å². The third-order valence-corrected chi connectivity index (χ3v) is 2.75. The van der Waals surface area contributed by atoms with Gasteiger partial charge in [0.2, 0.25) is 5.91 Å². The van der Waals surface area contributed by atoms with E-state index in [1.807, 2.05) is 19.2 Å². The predicted octanol–water partition coefficient (Wildman–Crippen LogP) is 1.38. The fourth-order valence-corrected chi connectivity index (χ4v) is 1.86. The van der Waals surface area contributed by atoms with Gasteiger partial charge in [-0.15, -0.1) is 0 Å². The molecule has 79 valence electrons. The standard InChI is InChI=1S/C12H15N2O/c1-14-8-7-10(9-14)12(15)13-11-5-3-2-4-6-11/h3-6,10H,7-9H2,1H3,(H,13,15). The summed E-state index contributed by atoms with van der Waals surface area (Å²) >= 11 is 0. The number of amides is 1. The van der Waals surface area contributed by atoms with Gasteiger partial charge in [0.1, 0.15) is 0 Å². The molecule has 1 fully saturated rings. The van der Waals surface area contributed by atoms with Crippen LogP contribution in [0.25, 0.3) is 0 Å². The Bertz CT molecular complexity index is 337. The molecule has 1 radical (unpaired) electrons. The van der Waals surface area contributed by atoms with Gasteiger partial charge < -0.3 is 10.2 Å². The van der Waals surface area contributed by atoms with Gasteiger partial charge in [-0.3, -0.25) is 4.79 Å². The summed E-state index contributed by atoms with van der Waals surface area (Å²) in [6, 6.07) is 10.2. The Labute approximate surface area is 90.1 Å². The fraction of sp³-hybridized carbons (Fsp3) is 0.417. The highest BCUT2D eigenvalue weighted by Crippen LogP contribution is 2.16. The summed E-state index contributed by atoms with van der Waals surface area (Å²) in [6.45, 7) is 1.88. The first kappa shape index (κ1) is 10.2. The van der Waals surface area contributed by atoms with E-state index in [1.165, 1.54) is 0 Å². The number of nitrogens with one attached hydrogen (secondary N) is 1. The van der Waals surface area contributed by atoms with E-state index >= 15 is 0 Å². The van der Waals surface area contributed by atoms with Gasteiger partial charge in [0.05, 0.1) is 5.92 Å². The molecule has 0 saturated carbocycles. The van der Waals surface area contributed by atoms with Crippen molar-refractivity contribution in [2.24, 2.45) is 5.92 Å². The van der Waals surface area contributed by atoms with Crippen molar-refractivity contribution in [1.82, 2.24) is 4.90 Å². The topological polar surface area (TPSA) is 32.3 Å².